The zero-order valence-electron chi connectivity index (χ0n) is 7.96. The normalized spacial score (nSPS) is 12.5. The molecule has 1 aliphatic rings. The Hall–Kier alpha value is -1.15. The lowest BCUT2D eigenvalue weighted by atomic mass is 9.81. The van der Waals surface area contributed by atoms with Crippen LogP contribution in [-0.4, -0.2) is 17.2 Å². The van der Waals surface area contributed by atoms with Crippen molar-refractivity contribution in [1.82, 2.24) is 0 Å². The fourth-order valence-electron chi connectivity index (χ4n) is 1.94. The summed E-state index contributed by atoms with van der Waals surface area (Å²) in [5.41, 5.74) is 1.84. The monoisotopic (exact) mass is 215 g/mol. The van der Waals surface area contributed by atoms with Crippen molar-refractivity contribution in [3.63, 3.8) is 0 Å². The first-order chi connectivity index (χ1) is 7.27. The number of fused-ring (bicyclic) bond motifs is 4. The van der Waals surface area contributed by atoms with Crippen LogP contribution in [-0.2, 0) is 0 Å². The van der Waals surface area contributed by atoms with Gasteiger partial charge in [-0.05, 0) is 29.7 Å². The Kier molecular flexibility index (Phi) is 1.93. The van der Waals surface area contributed by atoms with Crippen molar-refractivity contribution in [3.8, 4) is 16.2 Å². The van der Waals surface area contributed by atoms with Crippen LogP contribution in [0.2, 0.25) is 0 Å². The van der Waals surface area contributed by atoms with Crippen molar-refractivity contribution in [3.05, 3.63) is 42.2 Å². The molecule has 2 nitrogen and oxygen atoms in total. The van der Waals surface area contributed by atoms with Crippen LogP contribution in [0.1, 0.15) is 0 Å². The third kappa shape index (κ3) is 1.25. The standard InChI is InChI=1S/C11H9BO2P/c13-12(14)8-5-6-15-10-4-2-1-3-9(10)11(15)7-8/h1-7,13-14H/q+1. The molecule has 1 aromatic heterocycles. The molecule has 0 bridgehead atoms. The van der Waals surface area contributed by atoms with Crippen molar-refractivity contribution in [2.75, 3.05) is 0 Å². The zero-order valence-corrected chi connectivity index (χ0v) is 8.85. The van der Waals surface area contributed by atoms with Crippen LogP contribution in [0, 0.1) is 0 Å². The molecule has 2 N–H and O–H groups in total. The molecule has 0 saturated heterocycles. The average molecular weight is 215 g/mol. The van der Waals surface area contributed by atoms with Gasteiger partial charge in [0.2, 0.25) is 0 Å². The number of rotatable bonds is 1. The summed E-state index contributed by atoms with van der Waals surface area (Å²) in [7, 11) is -1.66. The SMILES string of the molecule is OB(O)c1cc[p+]2c(c1)-c1ccccc1-2. The minimum atomic E-state index is -1.36. The van der Waals surface area contributed by atoms with Crippen molar-refractivity contribution in [2.24, 2.45) is 0 Å². The summed E-state index contributed by atoms with van der Waals surface area (Å²) < 4.78 is 0. The Morgan fingerprint density at radius 2 is 1.87 bits per heavy atom. The first-order valence-electron chi connectivity index (χ1n) is 4.79. The van der Waals surface area contributed by atoms with Crippen molar-refractivity contribution in [2.45, 2.75) is 0 Å². The van der Waals surface area contributed by atoms with Crippen LogP contribution in [0.25, 0.3) is 16.2 Å². The Morgan fingerprint density at radius 3 is 2.67 bits per heavy atom. The Labute approximate surface area is 89.0 Å². The highest BCUT2D eigenvalue weighted by Gasteiger charge is 2.35. The molecule has 3 rings (SSSR count). The van der Waals surface area contributed by atoms with Crippen molar-refractivity contribution >= 4 is 20.1 Å². The third-order valence-corrected chi connectivity index (χ3v) is 4.96. The second-order valence-corrected chi connectivity index (χ2v) is 5.61. The maximum Gasteiger partial charge on any atom is 0.488 e. The van der Waals surface area contributed by atoms with Crippen LogP contribution in [0.4, 0.5) is 0 Å². The van der Waals surface area contributed by atoms with E-state index in [9.17, 15) is 0 Å². The van der Waals surface area contributed by atoms with Gasteiger partial charge >= 0.3 is 7.12 Å². The largest absolute Gasteiger partial charge is 0.488 e. The van der Waals surface area contributed by atoms with E-state index in [1.165, 1.54) is 16.2 Å². The quantitative estimate of drug-likeness (QED) is 0.605. The summed E-state index contributed by atoms with van der Waals surface area (Å²) in [6, 6.07) is 12.0. The summed E-state index contributed by atoms with van der Waals surface area (Å²) in [6.07, 6.45) is 0. The topological polar surface area (TPSA) is 40.5 Å². The summed E-state index contributed by atoms with van der Waals surface area (Å²) in [5, 5.41) is 20.8. The van der Waals surface area contributed by atoms with Gasteiger partial charge in [0.1, 0.15) is 5.80 Å². The van der Waals surface area contributed by atoms with Gasteiger partial charge < -0.3 is 10.0 Å². The highest BCUT2D eigenvalue weighted by Crippen LogP contribution is 2.60. The number of benzene rings is 1. The molecule has 0 aliphatic carbocycles. The van der Waals surface area contributed by atoms with Gasteiger partial charge in [0.15, 0.2) is 18.1 Å². The minimum absolute atomic E-state index is 0.302. The Balaban J connectivity index is 2.15. The molecule has 1 unspecified atom stereocenters. The van der Waals surface area contributed by atoms with E-state index in [2.05, 4.69) is 17.9 Å². The molecule has 2 heterocycles. The van der Waals surface area contributed by atoms with E-state index in [1.807, 2.05) is 24.3 Å². The molecule has 15 heavy (non-hydrogen) atoms. The highest BCUT2D eigenvalue weighted by atomic mass is 31.1. The molecule has 4 heteroatoms. The van der Waals surface area contributed by atoms with Gasteiger partial charge in [-0.2, -0.15) is 0 Å². The predicted molar refractivity (Wildman–Crippen MR) is 63.7 cm³/mol. The molecule has 0 radical (unpaired) electrons. The van der Waals surface area contributed by atoms with E-state index in [0.717, 1.165) is 0 Å². The van der Waals surface area contributed by atoms with Crippen LogP contribution in [0.5, 0.6) is 0 Å². The first kappa shape index (κ1) is 9.11. The van der Waals surface area contributed by atoms with E-state index >= 15 is 0 Å². The maximum absolute atomic E-state index is 9.08. The van der Waals surface area contributed by atoms with Gasteiger partial charge in [-0.15, -0.1) is 0 Å². The Morgan fingerprint density at radius 1 is 1.07 bits per heavy atom. The molecule has 0 amide bonds. The highest BCUT2D eigenvalue weighted by molar-refractivity contribution is 7.62. The second kappa shape index (κ2) is 3.17. The van der Waals surface area contributed by atoms with Gasteiger partial charge in [0.05, 0.1) is 5.56 Å². The van der Waals surface area contributed by atoms with E-state index in [-0.39, 0.29) is 7.53 Å². The number of hydrogen-bond donors (Lipinski definition) is 2. The summed E-state index contributed by atoms with van der Waals surface area (Å²) in [6.45, 7) is 0. The molecule has 0 fully saturated rings. The Bertz CT molecular complexity index is 540. The second-order valence-electron chi connectivity index (χ2n) is 3.61. The fraction of sp³-hybridized carbons (Fsp3) is 0. The summed E-state index contributed by atoms with van der Waals surface area (Å²) >= 11 is 0. The molecule has 0 spiro atoms. The van der Waals surface area contributed by atoms with Gasteiger partial charge in [-0.1, -0.05) is 12.1 Å². The molecule has 1 atom stereocenters. The predicted octanol–water partition coefficient (Wildman–Crippen LogP) is 1.60. The van der Waals surface area contributed by atoms with E-state index in [4.69, 9.17) is 10.0 Å². The first-order valence-corrected chi connectivity index (χ1v) is 6.20. The average Bonchev–Trinajstić information content (AvgIpc) is 2.25. The van der Waals surface area contributed by atoms with Crippen molar-refractivity contribution in [1.29, 1.82) is 0 Å². The molecule has 72 valence electrons. The molecule has 2 aromatic rings. The van der Waals surface area contributed by atoms with Gasteiger partial charge in [0, 0.05) is 0 Å². The lowest BCUT2D eigenvalue weighted by Crippen LogP contribution is -2.29. The molecule has 1 aromatic carbocycles. The smallest absolute Gasteiger partial charge is 0.423 e. The van der Waals surface area contributed by atoms with Gasteiger partial charge in [0.25, 0.3) is 0 Å². The van der Waals surface area contributed by atoms with E-state index in [0.29, 0.717) is 5.46 Å². The van der Waals surface area contributed by atoms with Crippen LogP contribution >= 0.6 is 7.53 Å². The molecule has 1 aliphatic heterocycles. The lowest BCUT2D eigenvalue weighted by molar-refractivity contribution is 0.426. The van der Waals surface area contributed by atoms with Gasteiger partial charge in [-0.3, -0.25) is 0 Å². The van der Waals surface area contributed by atoms with Crippen LogP contribution in [0.3, 0.4) is 0 Å². The van der Waals surface area contributed by atoms with Crippen LogP contribution in [0.15, 0.2) is 42.2 Å². The lowest BCUT2D eigenvalue weighted by Gasteiger charge is -2.12. The maximum atomic E-state index is 9.08. The molecular formula is C11H9BO2P+. The fourth-order valence-corrected chi connectivity index (χ4v) is 4.12. The van der Waals surface area contributed by atoms with Crippen LogP contribution < -0.4 is 5.46 Å². The van der Waals surface area contributed by atoms with E-state index < -0.39 is 7.12 Å². The third-order valence-electron chi connectivity index (χ3n) is 2.72. The summed E-state index contributed by atoms with van der Waals surface area (Å²) in [4.78, 5) is 0. The minimum Gasteiger partial charge on any atom is -0.423 e. The molecular weight excluding hydrogens is 206 g/mol. The van der Waals surface area contributed by atoms with E-state index in [1.54, 1.807) is 0 Å². The summed E-state index contributed by atoms with van der Waals surface area (Å²) in [5.74, 6) is 2.09. The zero-order chi connectivity index (χ0) is 10.4. The number of hydrogen-bond acceptors (Lipinski definition) is 2. The van der Waals surface area contributed by atoms with Gasteiger partial charge in [-0.25, -0.2) is 0 Å². The van der Waals surface area contributed by atoms with Crippen molar-refractivity contribution < 1.29 is 10.0 Å². The molecule has 0 saturated carbocycles.